The van der Waals surface area contributed by atoms with E-state index >= 15 is 0 Å². The SMILES string of the molecule is COC(=O)c1ccc(C(=O)C2CCN(C(=O)CC(C)(C)CC3=NC(=O)C4C=CC=CC4=N3)CC2)cc1C. The Kier molecular flexibility index (Phi) is 7.66. The van der Waals surface area contributed by atoms with Gasteiger partial charge < -0.3 is 9.64 Å². The molecule has 8 heteroatoms. The first kappa shape index (κ1) is 26.4. The Morgan fingerprint density at radius 1 is 1.11 bits per heavy atom. The van der Waals surface area contributed by atoms with Gasteiger partial charge in [-0.3, -0.25) is 14.4 Å². The monoisotopic (exact) mass is 503 g/mol. The van der Waals surface area contributed by atoms with Gasteiger partial charge in [0.15, 0.2) is 5.78 Å². The Labute approximate surface area is 217 Å². The summed E-state index contributed by atoms with van der Waals surface area (Å²) in [5, 5.41) is 0. The molecule has 1 fully saturated rings. The van der Waals surface area contributed by atoms with Gasteiger partial charge in [-0.15, -0.1) is 0 Å². The largest absolute Gasteiger partial charge is 0.465 e. The lowest BCUT2D eigenvalue weighted by atomic mass is 9.83. The van der Waals surface area contributed by atoms with Gasteiger partial charge in [0.1, 0.15) is 11.8 Å². The number of hydrogen-bond donors (Lipinski definition) is 0. The Hall–Kier alpha value is -3.68. The third-order valence-electron chi connectivity index (χ3n) is 7.16. The van der Waals surface area contributed by atoms with Crippen molar-refractivity contribution in [2.24, 2.45) is 27.2 Å². The zero-order valence-electron chi connectivity index (χ0n) is 21.8. The number of amidine groups is 1. The van der Waals surface area contributed by atoms with Gasteiger partial charge in [0.25, 0.3) is 5.91 Å². The van der Waals surface area contributed by atoms with Crippen LogP contribution in [0.5, 0.6) is 0 Å². The number of nitrogens with zero attached hydrogens (tertiary/aromatic N) is 3. The van der Waals surface area contributed by atoms with Crippen LogP contribution in [0.15, 0.2) is 52.5 Å². The number of hydrogen-bond acceptors (Lipinski definition) is 6. The lowest BCUT2D eigenvalue weighted by molar-refractivity contribution is -0.134. The fourth-order valence-corrected chi connectivity index (χ4v) is 5.09. The Balaban J connectivity index is 1.31. The average Bonchev–Trinajstić information content (AvgIpc) is 2.87. The molecule has 0 radical (unpaired) electrons. The second-order valence-electron chi connectivity index (χ2n) is 10.7. The van der Waals surface area contributed by atoms with Crippen molar-refractivity contribution < 1.29 is 23.9 Å². The van der Waals surface area contributed by atoms with Crippen LogP contribution in [-0.4, -0.2) is 60.2 Å². The molecule has 0 N–H and O–H groups in total. The van der Waals surface area contributed by atoms with E-state index in [0.29, 0.717) is 67.0 Å². The van der Waals surface area contributed by atoms with Crippen molar-refractivity contribution in [3.05, 3.63) is 59.2 Å². The maximum Gasteiger partial charge on any atom is 0.338 e. The van der Waals surface area contributed by atoms with Gasteiger partial charge in [0.2, 0.25) is 5.91 Å². The number of piperidine rings is 1. The second kappa shape index (κ2) is 10.7. The van der Waals surface area contributed by atoms with E-state index in [-0.39, 0.29) is 23.5 Å². The summed E-state index contributed by atoms with van der Waals surface area (Å²) in [4.78, 5) is 60.9. The molecule has 2 amide bonds. The predicted octanol–water partition coefficient (Wildman–Crippen LogP) is 4.13. The molecule has 0 aromatic heterocycles. The molecule has 3 aliphatic rings. The van der Waals surface area contributed by atoms with Gasteiger partial charge in [0.05, 0.1) is 18.4 Å². The highest BCUT2D eigenvalue weighted by Crippen LogP contribution is 2.31. The van der Waals surface area contributed by atoms with Crippen molar-refractivity contribution in [3.8, 4) is 0 Å². The zero-order chi connectivity index (χ0) is 26.7. The Morgan fingerprint density at radius 3 is 2.51 bits per heavy atom. The number of aliphatic imine (C=N–C) groups is 2. The molecule has 0 spiro atoms. The number of carbonyl (C=O) groups excluding carboxylic acids is 4. The number of rotatable bonds is 7. The van der Waals surface area contributed by atoms with Gasteiger partial charge >= 0.3 is 5.97 Å². The third kappa shape index (κ3) is 6.01. The number of esters is 1. The smallest absolute Gasteiger partial charge is 0.338 e. The zero-order valence-corrected chi connectivity index (χ0v) is 21.8. The summed E-state index contributed by atoms with van der Waals surface area (Å²) >= 11 is 0. The molecule has 0 saturated carbocycles. The first-order valence-electron chi connectivity index (χ1n) is 12.6. The number of aryl methyl sites for hydroxylation is 1. The van der Waals surface area contributed by atoms with E-state index in [1.54, 1.807) is 31.2 Å². The molecular weight excluding hydrogens is 470 g/mol. The standard InChI is InChI=1S/C29H33N3O5/c1-18-15-20(9-10-21(18)28(36)37-4)26(34)19-11-13-32(14-12-19)25(33)17-29(2,3)16-24-30-23-8-6-5-7-22(23)27(35)31-24/h5-10,15,19,22H,11-14,16-17H2,1-4H3. The van der Waals surface area contributed by atoms with E-state index in [9.17, 15) is 19.2 Å². The number of carbonyl (C=O) groups is 4. The van der Waals surface area contributed by atoms with Crippen LogP contribution in [-0.2, 0) is 14.3 Å². The van der Waals surface area contributed by atoms with Crippen LogP contribution in [0.2, 0.25) is 0 Å². The van der Waals surface area contributed by atoms with E-state index in [1.165, 1.54) is 7.11 Å². The molecule has 194 valence electrons. The Bertz CT molecular complexity index is 1250. The molecule has 1 unspecified atom stereocenters. The number of ether oxygens (including phenoxy) is 1. The number of ketones is 1. The minimum atomic E-state index is -0.424. The van der Waals surface area contributed by atoms with Crippen LogP contribution < -0.4 is 0 Å². The summed E-state index contributed by atoms with van der Waals surface area (Å²) in [5.74, 6) is -0.676. The van der Waals surface area contributed by atoms with Crippen molar-refractivity contribution in [2.75, 3.05) is 20.2 Å². The third-order valence-corrected chi connectivity index (χ3v) is 7.16. The molecule has 8 nitrogen and oxygen atoms in total. The molecule has 2 heterocycles. The van der Waals surface area contributed by atoms with Crippen LogP contribution >= 0.6 is 0 Å². The molecule has 0 bridgehead atoms. The van der Waals surface area contributed by atoms with E-state index < -0.39 is 17.3 Å². The molecule has 1 atom stereocenters. The number of methoxy groups -OCH3 is 1. The van der Waals surface area contributed by atoms with Gasteiger partial charge in [-0.05, 0) is 49.0 Å². The van der Waals surface area contributed by atoms with Gasteiger partial charge in [-0.25, -0.2) is 9.79 Å². The number of Topliss-reactive ketones (excluding diaryl/α,β-unsaturated/α-hetero) is 1. The van der Waals surface area contributed by atoms with E-state index in [0.717, 1.165) is 0 Å². The molecule has 1 aromatic rings. The summed E-state index contributed by atoms with van der Waals surface area (Å²) in [6.07, 6.45) is 9.22. The fraction of sp³-hybridized carbons (Fsp3) is 0.448. The molecule has 2 aliphatic heterocycles. The highest BCUT2D eigenvalue weighted by Gasteiger charge is 2.33. The van der Waals surface area contributed by atoms with Crippen molar-refractivity contribution in [1.82, 2.24) is 4.90 Å². The number of likely N-dealkylation sites (tertiary alicyclic amines) is 1. The van der Waals surface area contributed by atoms with Crippen molar-refractivity contribution in [1.29, 1.82) is 0 Å². The fourth-order valence-electron chi connectivity index (χ4n) is 5.09. The van der Waals surface area contributed by atoms with Crippen LogP contribution in [0.25, 0.3) is 0 Å². The Morgan fingerprint density at radius 2 is 1.84 bits per heavy atom. The number of amides is 2. The predicted molar refractivity (Wildman–Crippen MR) is 141 cm³/mol. The minimum Gasteiger partial charge on any atom is -0.465 e. The summed E-state index contributed by atoms with van der Waals surface area (Å²) in [6, 6.07) is 5.04. The summed E-state index contributed by atoms with van der Waals surface area (Å²) in [6.45, 7) is 6.79. The maximum atomic E-state index is 13.1. The van der Waals surface area contributed by atoms with E-state index in [1.807, 2.05) is 37.0 Å². The molecular formula is C29H33N3O5. The molecule has 1 saturated heterocycles. The molecule has 4 rings (SSSR count). The van der Waals surface area contributed by atoms with Crippen LogP contribution in [0.1, 0.15) is 65.8 Å². The number of allylic oxidation sites excluding steroid dienone is 3. The first-order chi connectivity index (χ1) is 17.6. The van der Waals surface area contributed by atoms with Gasteiger partial charge in [-0.1, -0.05) is 38.1 Å². The lowest BCUT2D eigenvalue weighted by Crippen LogP contribution is -2.42. The van der Waals surface area contributed by atoms with Crippen LogP contribution in [0.4, 0.5) is 0 Å². The van der Waals surface area contributed by atoms with Crippen LogP contribution in [0.3, 0.4) is 0 Å². The molecule has 1 aliphatic carbocycles. The quantitative estimate of drug-likeness (QED) is 0.411. The summed E-state index contributed by atoms with van der Waals surface area (Å²) in [5.41, 5.74) is 2.00. The maximum absolute atomic E-state index is 13.1. The van der Waals surface area contributed by atoms with Gasteiger partial charge in [-0.2, -0.15) is 4.99 Å². The first-order valence-corrected chi connectivity index (χ1v) is 12.6. The summed E-state index contributed by atoms with van der Waals surface area (Å²) < 4.78 is 4.78. The highest BCUT2D eigenvalue weighted by molar-refractivity contribution is 6.21. The normalized spacial score (nSPS) is 19.7. The number of fused-ring (bicyclic) bond motifs is 1. The summed E-state index contributed by atoms with van der Waals surface area (Å²) in [7, 11) is 1.33. The molecule has 1 aromatic carbocycles. The van der Waals surface area contributed by atoms with Gasteiger partial charge in [0, 0.05) is 37.4 Å². The lowest BCUT2D eigenvalue weighted by Gasteiger charge is -2.34. The topological polar surface area (TPSA) is 105 Å². The molecule has 37 heavy (non-hydrogen) atoms. The van der Waals surface area contributed by atoms with E-state index in [4.69, 9.17) is 4.74 Å². The highest BCUT2D eigenvalue weighted by atomic mass is 16.5. The average molecular weight is 504 g/mol. The van der Waals surface area contributed by atoms with Crippen LogP contribution in [0, 0.1) is 24.2 Å². The minimum absolute atomic E-state index is 0.0305. The second-order valence-corrected chi connectivity index (χ2v) is 10.7. The number of benzene rings is 1. The van der Waals surface area contributed by atoms with Crippen molar-refractivity contribution in [3.63, 3.8) is 0 Å². The van der Waals surface area contributed by atoms with Crippen molar-refractivity contribution in [2.45, 2.75) is 46.5 Å². The van der Waals surface area contributed by atoms with Crippen molar-refractivity contribution >= 4 is 35.1 Å². The van der Waals surface area contributed by atoms with E-state index in [2.05, 4.69) is 9.98 Å².